The van der Waals surface area contributed by atoms with Gasteiger partial charge in [0.05, 0.1) is 0 Å². The van der Waals surface area contributed by atoms with Crippen molar-refractivity contribution in [2.75, 3.05) is 0 Å². The van der Waals surface area contributed by atoms with E-state index < -0.39 is 17.7 Å². The van der Waals surface area contributed by atoms with Gasteiger partial charge in [-0.1, -0.05) is 12.2 Å². The number of ether oxygens (including phenoxy) is 1. The molecule has 0 aliphatic carbocycles. The van der Waals surface area contributed by atoms with Crippen LogP contribution in [0, 0.1) is 11.6 Å². The lowest BCUT2D eigenvalue weighted by molar-refractivity contribution is 0.272. The molecule has 0 amide bonds. The van der Waals surface area contributed by atoms with E-state index in [0.29, 0.717) is 0 Å². The Morgan fingerprint density at radius 1 is 1.50 bits per heavy atom. The largest absolute Gasteiger partial charge is 0.480 e. The van der Waals surface area contributed by atoms with Gasteiger partial charge in [0.2, 0.25) is 0 Å². The molecule has 0 spiro atoms. The number of nitrogens with two attached hydrogens (primary N) is 1. The van der Waals surface area contributed by atoms with E-state index in [-0.39, 0.29) is 10.7 Å². The van der Waals surface area contributed by atoms with Crippen molar-refractivity contribution < 1.29 is 13.5 Å². The van der Waals surface area contributed by atoms with Gasteiger partial charge in [-0.05, 0) is 19.1 Å². The summed E-state index contributed by atoms with van der Waals surface area (Å²) in [7, 11) is 0. The van der Waals surface area contributed by atoms with Crippen LogP contribution in [-0.2, 0) is 0 Å². The summed E-state index contributed by atoms with van der Waals surface area (Å²) in [4.78, 5) is 0.0914. The predicted molar refractivity (Wildman–Crippen MR) is 53.2 cm³/mol. The van der Waals surface area contributed by atoms with Gasteiger partial charge >= 0.3 is 0 Å². The third-order valence-corrected chi connectivity index (χ3v) is 1.93. The van der Waals surface area contributed by atoms with E-state index in [2.05, 4.69) is 12.2 Å². The molecule has 1 rings (SSSR count). The van der Waals surface area contributed by atoms with Crippen LogP contribution in [0.3, 0.4) is 0 Å². The minimum Gasteiger partial charge on any atom is -0.480 e. The van der Waals surface area contributed by atoms with E-state index in [1.54, 1.807) is 6.92 Å². The lowest BCUT2D eigenvalue weighted by atomic mass is 10.3. The lowest BCUT2D eigenvalue weighted by Gasteiger charge is -2.13. The highest BCUT2D eigenvalue weighted by molar-refractivity contribution is 7.80. The first-order chi connectivity index (χ1) is 6.50. The first-order valence-corrected chi connectivity index (χ1v) is 4.32. The van der Waals surface area contributed by atoms with Crippen LogP contribution >= 0.6 is 12.2 Å². The molecule has 0 aromatic heterocycles. The molecule has 0 saturated carbocycles. The number of thiocarbonyl (C=S) groups is 1. The van der Waals surface area contributed by atoms with E-state index in [1.165, 1.54) is 0 Å². The summed E-state index contributed by atoms with van der Waals surface area (Å²) in [6.07, 6.45) is -0.624. The summed E-state index contributed by atoms with van der Waals surface area (Å²) < 4.78 is 30.7. The van der Waals surface area contributed by atoms with Gasteiger partial charge in [-0.25, -0.2) is 8.78 Å². The maximum atomic E-state index is 13.0. The summed E-state index contributed by atoms with van der Waals surface area (Å²) in [5.74, 6) is -1.41. The maximum absolute atomic E-state index is 13.0. The summed E-state index contributed by atoms with van der Waals surface area (Å²) >= 11 is 4.63. The fourth-order valence-electron chi connectivity index (χ4n) is 0.816. The molecule has 1 aromatic carbocycles. The second-order valence-corrected chi connectivity index (χ2v) is 3.21. The van der Waals surface area contributed by atoms with E-state index in [1.807, 2.05) is 0 Å². The average Bonchev–Trinajstić information content (AvgIpc) is 2.11. The Hall–Kier alpha value is -1.23. The van der Waals surface area contributed by atoms with Gasteiger partial charge in [0.15, 0.2) is 11.6 Å². The summed E-state index contributed by atoms with van der Waals surface area (Å²) in [6, 6.07) is 2.94. The molecule has 1 atom stereocenters. The first kappa shape index (κ1) is 10.8. The zero-order chi connectivity index (χ0) is 10.7. The Kier molecular flexibility index (Phi) is 3.35. The van der Waals surface area contributed by atoms with Crippen molar-refractivity contribution >= 4 is 17.2 Å². The van der Waals surface area contributed by atoms with Gasteiger partial charge in [0.25, 0.3) is 0 Å². The standard InChI is InChI=1S/C9H9F2NOS/c1-5(9(12)14)13-8-4-6(10)2-3-7(8)11/h2-5H,1H3,(H2,12,14). The number of hydrogen-bond acceptors (Lipinski definition) is 2. The molecular formula is C9H9F2NOS. The molecule has 2 N–H and O–H groups in total. The van der Waals surface area contributed by atoms with Crippen molar-refractivity contribution in [3.63, 3.8) is 0 Å². The second-order valence-electron chi connectivity index (χ2n) is 2.74. The van der Waals surface area contributed by atoms with Crippen LogP contribution in [0.4, 0.5) is 8.78 Å². The quantitative estimate of drug-likeness (QED) is 0.787. The second kappa shape index (κ2) is 4.32. The zero-order valence-corrected chi connectivity index (χ0v) is 8.28. The van der Waals surface area contributed by atoms with E-state index >= 15 is 0 Å². The first-order valence-electron chi connectivity index (χ1n) is 3.91. The predicted octanol–water partition coefficient (Wildman–Crippen LogP) is 2.02. The smallest absolute Gasteiger partial charge is 0.165 e. The van der Waals surface area contributed by atoms with Crippen LogP contribution < -0.4 is 10.5 Å². The highest BCUT2D eigenvalue weighted by Gasteiger charge is 2.11. The van der Waals surface area contributed by atoms with Crippen molar-refractivity contribution in [1.82, 2.24) is 0 Å². The molecule has 14 heavy (non-hydrogen) atoms. The lowest BCUT2D eigenvalue weighted by Crippen LogP contribution is -2.29. The summed E-state index contributed by atoms with van der Waals surface area (Å²) in [6.45, 7) is 1.56. The molecule has 0 aliphatic rings. The highest BCUT2D eigenvalue weighted by Crippen LogP contribution is 2.19. The number of halogens is 2. The minimum absolute atomic E-state index is 0.0914. The molecule has 1 unspecified atom stereocenters. The maximum Gasteiger partial charge on any atom is 0.165 e. The third kappa shape index (κ3) is 2.63. The Morgan fingerprint density at radius 2 is 2.14 bits per heavy atom. The SMILES string of the molecule is CC(Oc1cc(F)ccc1F)C(N)=S. The summed E-state index contributed by atoms with van der Waals surface area (Å²) in [5.41, 5.74) is 5.26. The van der Waals surface area contributed by atoms with Crippen molar-refractivity contribution in [2.45, 2.75) is 13.0 Å². The monoisotopic (exact) mass is 217 g/mol. The average molecular weight is 217 g/mol. The Balaban J connectivity index is 2.85. The molecule has 0 heterocycles. The van der Waals surface area contributed by atoms with Crippen LogP contribution in [0.1, 0.15) is 6.92 Å². The topological polar surface area (TPSA) is 35.2 Å². The van der Waals surface area contributed by atoms with Gasteiger partial charge in [0, 0.05) is 6.07 Å². The molecular weight excluding hydrogens is 208 g/mol. The fraction of sp³-hybridized carbons (Fsp3) is 0.222. The van der Waals surface area contributed by atoms with Crippen molar-refractivity contribution in [3.05, 3.63) is 29.8 Å². The van der Waals surface area contributed by atoms with Crippen LogP contribution in [0.5, 0.6) is 5.75 Å². The van der Waals surface area contributed by atoms with Gasteiger partial charge in [-0.2, -0.15) is 0 Å². The van der Waals surface area contributed by atoms with Gasteiger partial charge in [0.1, 0.15) is 16.9 Å². The zero-order valence-electron chi connectivity index (χ0n) is 7.46. The molecule has 2 nitrogen and oxygen atoms in total. The minimum atomic E-state index is -0.644. The van der Waals surface area contributed by atoms with Crippen molar-refractivity contribution in [3.8, 4) is 5.75 Å². The van der Waals surface area contributed by atoms with Gasteiger partial charge in [-0.3, -0.25) is 0 Å². The molecule has 0 fully saturated rings. The van der Waals surface area contributed by atoms with Crippen LogP contribution in [0.15, 0.2) is 18.2 Å². The van der Waals surface area contributed by atoms with E-state index in [4.69, 9.17) is 10.5 Å². The van der Waals surface area contributed by atoms with Crippen molar-refractivity contribution in [2.24, 2.45) is 5.73 Å². The highest BCUT2D eigenvalue weighted by atomic mass is 32.1. The Labute approximate surface area is 85.7 Å². The Morgan fingerprint density at radius 3 is 2.71 bits per heavy atom. The number of benzene rings is 1. The van der Waals surface area contributed by atoms with E-state index in [0.717, 1.165) is 18.2 Å². The van der Waals surface area contributed by atoms with E-state index in [9.17, 15) is 8.78 Å². The van der Waals surface area contributed by atoms with Gasteiger partial charge < -0.3 is 10.5 Å². The van der Waals surface area contributed by atoms with Crippen LogP contribution in [-0.4, -0.2) is 11.1 Å². The molecule has 5 heteroatoms. The third-order valence-electron chi connectivity index (χ3n) is 1.60. The van der Waals surface area contributed by atoms with Crippen molar-refractivity contribution in [1.29, 1.82) is 0 Å². The molecule has 0 aliphatic heterocycles. The molecule has 0 saturated heterocycles. The Bertz CT molecular complexity index is 357. The summed E-state index contributed by atoms with van der Waals surface area (Å²) in [5, 5.41) is 0. The number of hydrogen-bond donors (Lipinski definition) is 1. The van der Waals surface area contributed by atoms with Crippen LogP contribution in [0.2, 0.25) is 0 Å². The fourth-order valence-corrected chi connectivity index (χ4v) is 0.864. The molecule has 0 radical (unpaired) electrons. The molecule has 0 bridgehead atoms. The van der Waals surface area contributed by atoms with Crippen LogP contribution in [0.25, 0.3) is 0 Å². The molecule has 1 aromatic rings. The number of rotatable bonds is 3. The molecule has 76 valence electrons. The van der Waals surface area contributed by atoms with Gasteiger partial charge in [-0.15, -0.1) is 0 Å². The normalized spacial score (nSPS) is 12.2.